The van der Waals surface area contributed by atoms with Gasteiger partial charge in [-0.15, -0.1) is 0 Å². The van der Waals surface area contributed by atoms with E-state index < -0.39 is 0 Å². The molecule has 1 fully saturated rings. The molecule has 1 saturated carbocycles. The highest BCUT2D eigenvalue weighted by molar-refractivity contribution is 5.24. The van der Waals surface area contributed by atoms with Crippen molar-refractivity contribution in [1.82, 2.24) is 5.32 Å². The minimum atomic E-state index is 0.473. The van der Waals surface area contributed by atoms with Crippen molar-refractivity contribution in [3.63, 3.8) is 0 Å². The molecule has 1 aliphatic rings. The van der Waals surface area contributed by atoms with E-state index in [4.69, 9.17) is 0 Å². The second-order valence-corrected chi connectivity index (χ2v) is 6.66. The van der Waals surface area contributed by atoms with Crippen LogP contribution in [0, 0.1) is 18.8 Å². The third-order valence-electron chi connectivity index (χ3n) is 4.74. The van der Waals surface area contributed by atoms with E-state index in [1.807, 2.05) is 0 Å². The van der Waals surface area contributed by atoms with Crippen molar-refractivity contribution in [3.8, 4) is 0 Å². The quantitative estimate of drug-likeness (QED) is 0.814. The molecule has 0 spiro atoms. The Bertz CT molecular complexity index is 388. The number of hydrogen-bond donors (Lipinski definition) is 1. The fourth-order valence-electron chi connectivity index (χ4n) is 3.34. The maximum atomic E-state index is 3.82. The second-order valence-electron chi connectivity index (χ2n) is 6.66. The van der Waals surface area contributed by atoms with Gasteiger partial charge in [-0.3, -0.25) is 0 Å². The van der Waals surface area contributed by atoms with Crippen molar-refractivity contribution in [2.75, 3.05) is 0 Å². The van der Waals surface area contributed by atoms with Gasteiger partial charge in [0, 0.05) is 12.1 Å². The molecule has 106 valence electrons. The highest BCUT2D eigenvalue weighted by Gasteiger charge is 2.24. The molecule has 1 aromatic carbocycles. The van der Waals surface area contributed by atoms with E-state index in [0.717, 1.165) is 11.8 Å². The SMILES string of the molecule is Cc1cccc([C@H](C)NC2CCC(C(C)C)CC2)c1. The van der Waals surface area contributed by atoms with Gasteiger partial charge >= 0.3 is 0 Å². The van der Waals surface area contributed by atoms with Crippen LogP contribution in [0.15, 0.2) is 24.3 Å². The number of benzene rings is 1. The van der Waals surface area contributed by atoms with Crippen LogP contribution >= 0.6 is 0 Å². The van der Waals surface area contributed by atoms with Gasteiger partial charge in [0.1, 0.15) is 0 Å². The van der Waals surface area contributed by atoms with Crippen LogP contribution in [-0.4, -0.2) is 6.04 Å². The fourth-order valence-corrected chi connectivity index (χ4v) is 3.34. The topological polar surface area (TPSA) is 12.0 Å². The minimum Gasteiger partial charge on any atom is -0.307 e. The average Bonchev–Trinajstić information content (AvgIpc) is 2.39. The van der Waals surface area contributed by atoms with Crippen molar-refractivity contribution >= 4 is 0 Å². The molecule has 0 radical (unpaired) electrons. The maximum absolute atomic E-state index is 3.82. The number of hydrogen-bond acceptors (Lipinski definition) is 1. The molecule has 0 unspecified atom stereocenters. The predicted octanol–water partition coefficient (Wildman–Crippen LogP) is 4.86. The molecule has 1 aromatic rings. The van der Waals surface area contributed by atoms with Gasteiger partial charge in [-0.2, -0.15) is 0 Å². The molecule has 1 N–H and O–H groups in total. The fraction of sp³-hybridized carbons (Fsp3) is 0.667. The normalized spacial score (nSPS) is 25.5. The highest BCUT2D eigenvalue weighted by atomic mass is 14.9. The van der Waals surface area contributed by atoms with E-state index in [9.17, 15) is 0 Å². The third kappa shape index (κ3) is 4.07. The zero-order valence-corrected chi connectivity index (χ0v) is 12.9. The van der Waals surface area contributed by atoms with Gasteiger partial charge in [-0.05, 0) is 56.9 Å². The Balaban J connectivity index is 1.85. The Kier molecular flexibility index (Phi) is 5.04. The van der Waals surface area contributed by atoms with Crippen molar-refractivity contribution < 1.29 is 0 Å². The first-order valence-corrected chi connectivity index (χ1v) is 7.89. The summed E-state index contributed by atoms with van der Waals surface area (Å²) in [6, 6.07) is 10.1. The first kappa shape index (κ1) is 14.6. The van der Waals surface area contributed by atoms with Crippen LogP contribution in [0.25, 0.3) is 0 Å². The molecule has 19 heavy (non-hydrogen) atoms. The Morgan fingerprint density at radius 1 is 1.05 bits per heavy atom. The van der Waals surface area contributed by atoms with Crippen LogP contribution < -0.4 is 5.32 Å². The molecule has 0 aliphatic heterocycles. The molecule has 1 heteroatoms. The molecule has 0 saturated heterocycles. The molecule has 0 amide bonds. The maximum Gasteiger partial charge on any atom is 0.0294 e. The Hall–Kier alpha value is -0.820. The second kappa shape index (κ2) is 6.56. The molecular formula is C18H29N. The summed E-state index contributed by atoms with van der Waals surface area (Å²) in [5.41, 5.74) is 2.78. The van der Waals surface area contributed by atoms with Crippen LogP contribution in [0.2, 0.25) is 0 Å². The Morgan fingerprint density at radius 3 is 2.32 bits per heavy atom. The zero-order valence-electron chi connectivity index (χ0n) is 12.9. The minimum absolute atomic E-state index is 0.473. The van der Waals surface area contributed by atoms with Gasteiger partial charge in [0.25, 0.3) is 0 Å². The van der Waals surface area contributed by atoms with Crippen molar-refractivity contribution in [1.29, 1.82) is 0 Å². The van der Waals surface area contributed by atoms with Crippen LogP contribution in [0.5, 0.6) is 0 Å². The van der Waals surface area contributed by atoms with Gasteiger partial charge < -0.3 is 5.32 Å². The number of nitrogens with one attached hydrogen (secondary N) is 1. The lowest BCUT2D eigenvalue weighted by Crippen LogP contribution is -2.35. The summed E-state index contributed by atoms with van der Waals surface area (Å²) in [4.78, 5) is 0. The van der Waals surface area contributed by atoms with E-state index in [1.54, 1.807) is 0 Å². The van der Waals surface area contributed by atoms with Crippen LogP contribution in [-0.2, 0) is 0 Å². The molecule has 1 aliphatic carbocycles. The lowest BCUT2D eigenvalue weighted by Gasteiger charge is -2.33. The van der Waals surface area contributed by atoms with Crippen LogP contribution in [0.1, 0.15) is 63.6 Å². The third-order valence-corrected chi connectivity index (χ3v) is 4.74. The monoisotopic (exact) mass is 259 g/mol. The lowest BCUT2D eigenvalue weighted by molar-refractivity contribution is 0.231. The Labute approximate surface area is 118 Å². The first-order chi connectivity index (χ1) is 9.06. The van der Waals surface area contributed by atoms with Gasteiger partial charge in [-0.1, -0.05) is 43.7 Å². The molecule has 1 atom stereocenters. The molecule has 0 heterocycles. The number of rotatable bonds is 4. The van der Waals surface area contributed by atoms with Crippen LogP contribution in [0.4, 0.5) is 0 Å². The van der Waals surface area contributed by atoms with Gasteiger partial charge in [0.05, 0.1) is 0 Å². The summed E-state index contributed by atoms with van der Waals surface area (Å²) in [7, 11) is 0. The molecule has 0 bridgehead atoms. The summed E-state index contributed by atoms with van der Waals surface area (Å²) >= 11 is 0. The van der Waals surface area contributed by atoms with Crippen molar-refractivity contribution in [2.24, 2.45) is 11.8 Å². The number of aryl methyl sites for hydroxylation is 1. The van der Waals surface area contributed by atoms with Gasteiger partial charge in [0.2, 0.25) is 0 Å². The molecule has 2 rings (SSSR count). The van der Waals surface area contributed by atoms with E-state index in [0.29, 0.717) is 12.1 Å². The smallest absolute Gasteiger partial charge is 0.0294 e. The Morgan fingerprint density at radius 2 is 1.74 bits per heavy atom. The van der Waals surface area contributed by atoms with E-state index in [2.05, 4.69) is 57.3 Å². The van der Waals surface area contributed by atoms with Gasteiger partial charge in [-0.25, -0.2) is 0 Å². The van der Waals surface area contributed by atoms with Crippen molar-refractivity contribution in [2.45, 2.75) is 65.5 Å². The predicted molar refractivity (Wildman–Crippen MR) is 83.3 cm³/mol. The summed E-state index contributed by atoms with van der Waals surface area (Å²) < 4.78 is 0. The highest BCUT2D eigenvalue weighted by Crippen LogP contribution is 2.30. The average molecular weight is 259 g/mol. The molecule has 1 nitrogen and oxygen atoms in total. The zero-order chi connectivity index (χ0) is 13.8. The summed E-state index contributed by atoms with van der Waals surface area (Å²) in [6.07, 6.45) is 5.49. The van der Waals surface area contributed by atoms with Crippen LogP contribution in [0.3, 0.4) is 0 Å². The molecule has 0 aromatic heterocycles. The lowest BCUT2D eigenvalue weighted by atomic mass is 9.79. The van der Waals surface area contributed by atoms with Gasteiger partial charge in [0.15, 0.2) is 0 Å². The first-order valence-electron chi connectivity index (χ1n) is 7.89. The van der Waals surface area contributed by atoms with E-state index >= 15 is 0 Å². The molecular weight excluding hydrogens is 230 g/mol. The largest absolute Gasteiger partial charge is 0.307 e. The van der Waals surface area contributed by atoms with E-state index in [-0.39, 0.29) is 0 Å². The van der Waals surface area contributed by atoms with E-state index in [1.165, 1.54) is 36.8 Å². The van der Waals surface area contributed by atoms with Crippen molar-refractivity contribution in [3.05, 3.63) is 35.4 Å². The summed E-state index contributed by atoms with van der Waals surface area (Å²) in [5, 5.41) is 3.82. The standard InChI is InChI=1S/C18H29N/c1-13(2)16-8-10-18(11-9-16)19-15(4)17-7-5-6-14(3)12-17/h5-7,12-13,15-16,18-19H,8-11H2,1-4H3/t15-,16?,18?/m0/s1. The summed E-state index contributed by atoms with van der Waals surface area (Å²) in [6.45, 7) is 9.20. The summed E-state index contributed by atoms with van der Waals surface area (Å²) in [5.74, 6) is 1.81.